The molecule has 3 rings (SSSR count). The van der Waals surface area contributed by atoms with E-state index >= 15 is 0 Å². The van der Waals surface area contributed by atoms with Gasteiger partial charge in [-0.05, 0) is 55.4 Å². The predicted molar refractivity (Wildman–Crippen MR) is 65.7 cm³/mol. The fourth-order valence-corrected chi connectivity index (χ4v) is 2.73. The molecule has 1 heterocycles. The van der Waals surface area contributed by atoms with Crippen molar-refractivity contribution in [3.05, 3.63) is 35.0 Å². The summed E-state index contributed by atoms with van der Waals surface area (Å²) in [5, 5.41) is 10.3. The van der Waals surface area contributed by atoms with Crippen LogP contribution < -0.4 is 0 Å². The van der Waals surface area contributed by atoms with E-state index in [4.69, 9.17) is 5.11 Å². The predicted octanol–water partition coefficient (Wildman–Crippen LogP) is 2.58. The summed E-state index contributed by atoms with van der Waals surface area (Å²) in [6.07, 6.45) is 5.55. The summed E-state index contributed by atoms with van der Waals surface area (Å²) in [4.78, 5) is 3.51. The topological polar surface area (TPSA) is 36.0 Å². The SMILES string of the molecule is OCCCc1ccc2[nH]c3c(c2c1)CCC3. The van der Waals surface area contributed by atoms with E-state index in [0.717, 1.165) is 12.8 Å². The number of rotatable bonds is 3. The van der Waals surface area contributed by atoms with Crippen LogP contribution in [0.1, 0.15) is 29.7 Å². The summed E-state index contributed by atoms with van der Waals surface area (Å²) in [5.41, 5.74) is 5.59. The molecule has 0 aliphatic heterocycles. The van der Waals surface area contributed by atoms with Crippen LogP contribution in [-0.4, -0.2) is 16.7 Å². The van der Waals surface area contributed by atoms with E-state index < -0.39 is 0 Å². The second-order valence-corrected chi connectivity index (χ2v) is 4.64. The largest absolute Gasteiger partial charge is 0.396 e. The molecule has 2 aromatic rings. The first kappa shape index (κ1) is 9.91. The van der Waals surface area contributed by atoms with Crippen molar-refractivity contribution in [2.24, 2.45) is 0 Å². The highest BCUT2D eigenvalue weighted by molar-refractivity contribution is 5.85. The van der Waals surface area contributed by atoms with E-state index in [1.165, 1.54) is 47.0 Å². The maximum Gasteiger partial charge on any atom is 0.0459 e. The molecule has 2 heteroatoms. The van der Waals surface area contributed by atoms with E-state index in [-0.39, 0.29) is 6.61 Å². The fourth-order valence-electron chi connectivity index (χ4n) is 2.73. The summed E-state index contributed by atoms with van der Waals surface area (Å²) in [5.74, 6) is 0. The van der Waals surface area contributed by atoms with Crippen LogP contribution in [0.2, 0.25) is 0 Å². The van der Waals surface area contributed by atoms with Gasteiger partial charge in [-0.2, -0.15) is 0 Å². The summed E-state index contributed by atoms with van der Waals surface area (Å²) in [6.45, 7) is 0.281. The number of benzene rings is 1. The van der Waals surface area contributed by atoms with Gasteiger partial charge in [0.1, 0.15) is 0 Å². The number of aliphatic hydroxyl groups is 1. The van der Waals surface area contributed by atoms with Gasteiger partial charge >= 0.3 is 0 Å². The number of hydrogen-bond acceptors (Lipinski definition) is 1. The Balaban J connectivity index is 2.02. The molecule has 84 valence electrons. The van der Waals surface area contributed by atoms with Crippen molar-refractivity contribution in [3.8, 4) is 0 Å². The lowest BCUT2D eigenvalue weighted by atomic mass is 10.0. The molecule has 1 aromatic heterocycles. The first-order chi connectivity index (χ1) is 7.88. The molecule has 0 saturated heterocycles. The average Bonchev–Trinajstić information content (AvgIpc) is 2.86. The smallest absolute Gasteiger partial charge is 0.0459 e. The molecule has 0 atom stereocenters. The zero-order valence-corrected chi connectivity index (χ0v) is 9.42. The van der Waals surface area contributed by atoms with Crippen molar-refractivity contribution in [2.75, 3.05) is 6.61 Å². The Labute approximate surface area is 95.3 Å². The Morgan fingerprint density at radius 1 is 1.25 bits per heavy atom. The minimum Gasteiger partial charge on any atom is -0.396 e. The van der Waals surface area contributed by atoms with Crippen molar-refractivity contribution in [3.63, 3.8) is 0 Å². The van der Waals surface area contributed by atoms with E-state index in [1.54, 1.807) is 0 Å². The average molecular weight is 215 g/mol. The Hall–Kier alpha value is -1.28. The van der Waals surface area contributed by atoms with Gasteiger partial charge in [0.25, 0.3) is 0 Å². The van der Waals surface area contributed by atoms with Crippen molar-refractivity contribution in [2.45, 2.75) is 32.1 Å². The zero-order chi connectivity index (χ0) is 11.0. The van der Waals surface area contributed by atoms with E-state index in [0.29, 0.717) is 0 Å². The summed E-state index contributed by atoms with van der Waals surface area (Å²) in [7, 11) is 0. The third kappa shape index (κ3) is 1.54. The molecule has 1 aliphatic rings. The first-order valence-corrected chi connectivity index (χ1v) is 6.11. The summed E-state index contributed by atoms with van der Waals surface area (Å²) < 4.78 is 0. The highest BCUT2D eigenvalue weighted by Crippen LogP contribution is 2.30. The molecule has 0 amide bonds. The van der Waals surface area contributed by atoms with Crippen LogP contribution in [0, 0.1) is 0 Å². The number of fused-ring (bicyclic) bond motifs is 3. The molecule has 0 fully saturated rings. The number of hydrogen-bond donors (Lipinski definition) is 2. The number of aromatic nitrogens is 1. The maximum atomic E-state index is 8.85. The van der Waals surface area contributed by atoms with Gasteiger partial charge in [0.05, 0.1) is 0 Å². The molecule has 1 aliphatic carbocycles. The van der Waals surface area contributed by atoms with Crippen LogP contribution in [-0.2, 0) is 19.3 Å². The number of nitrogens with one attached hydrogen (secondary N) is 1. The molecular formula is C14H17NO. The summed E-state index contributed by atoms with van der Waals surface area (Å²) >= 11 is 0. The lowest BCUT2D eigenvalue weighted by molar-refractivity contribution is 0.288. The van der Waals surface area contributed by atoms with Gasteiger partial charge in [-0.1, -0.05) is 6.07 Å². The van der Waals surface area contributed by atoms with Gasteiger partial charge < -0.3 is 10.1 Å². The highest BCUT2D eigenvalue weighted by atomic mass is 16.2. The van der Waals surface area contributed by atoms with Crippen LogP contribution in [0.5, 0.6) is 0 Å². The third-order valence-electron chi connectivity index (χ3n) is 3.54. The second-order valence-electron chi connectivity index (χ2n) is 4.64. The minimum absolute atomic E-state index is 0.281. The number of aryl methyl sites for hydroxylation is 3. The van der Waals surface area contributed by atoms with E-state index in [9.17, 15) is 0 Å². The molecule has 0 bridgehead atoms. The van der Waals surface area contributed by atoms with Gasteiger partial charge in [0, 0.05) is 23.2 Å². The van der Waals surface area contributed by atoms with Crippen molar-refractivity contribution in [1.82, 2.24) is 4.98 Å². The molecule has 0 unspecified atom stereocenters. The molecule has 2 nitrogen and oxygen atoms in total. The molecule has 0 spiro atoms. The Morgan fingerprint density at radius 2 is 2.19 bits per heavy atom. The molecule has 2 N–H and O–H groups in total. The van der Waals surface area contributed by atoms with Crippen LogP contribution in [0.15, 0.2) is 18.2 Å². The number of H-pyrrole nitrogens is 1. The lowest BCUT2D eigenvalue weighted by Crippen LogP contribution is -1.89. The summed E-state index contributed by atoms with van der Waals surface area (Å²) in [6, 6.07) is 6.65. The third-order valence-corrected chi connectivity index (χ3v) is 3.54. The van der Waals surface area contributed by atoms with Gasteiger partial charge in [-0.25, -0.2) is 0 Å². The van der Waals surface area contributed by atoms with Gasteiger partial charge in [0.2, 0.25) is 0 Å². The normalized spacial score (nSPS) is 14.6. The zero-order valence-electron chi connectivity index (χ0n) is 9.42. The van der Waals surface area contributed by atoms with Crippen LogP contribution in [0.25, 0.3) is 10.9 Å². The monoisotopic (exact) mass is 215 g/mol. The maximum absolute atomic E-state index is 8.85. The number of aliphatic hydroxyl groups excluding tert-OH is 1. The van der Waals surface area contributed by atoms with Crippen LogP contribution in [0.4, 0.5) is 0 Å². The quantitative estimate of drug-likeness (QED) is 0.811. The van der Waals surface area contributed by atoms with Gasteiger partial charge in [0.15, 0.2) is 0 Å². The minimum atomic E-state index is 0.281. The number of aromatic amines is 1. The Morgan fingerprint density at radius 3 is 3.06 bits per heavy atom. The lowest BCUT2D eigenvalue weighted by Gasteiger charge is -2.01. The molecule has 16 heavy (non-hydrogen) atoms. The Bertz CT molecular complexity index is 513. The van der Waals surface area contributed by atoms with Crippen molar-refractivity contribution >= 4 is 10.9 Å². The molecule has 0 saturated carbocycles. The van der Waals surface area contributed by atoms with Crippen molar-refractivity contribution < 1.29 is 5.11 Å². The molecule has 0 radical (unpaired) electrons. The van der Waals surface area contributed by atoms with Gasteiger partial charge in [-0.15, -0.1) is 0 Å². The fraction of sp³-hybridized carbons (Fsp3) is 0.429. The van der Waals surface area contributed by atoms with E-state index in [2.05, 4.69) is 23.2 Å². The van der Waals surface area contributed by atoms with Gasteiger partial charge in [-0.3, -0.25) is 0 Å². The van der Waals surface area contributed by atoms with Crippen LogP contribution >= 0.6 is 0 Å². The van der Waals surface area contributed by atoms with Crippen molar-refractivity contribution in [1.29, 1.82) is 0 Å². The molecule has 1 aromatic carbocycles. The van der Waals surface area contributed by atoms with Crippen LogP contribution in [0.3, 0.4) is 0 Å². The second kappa shape index (κ2) is 3.95. The van der Waals surface area contributed by atoms with E-state index in [1.807, 2.05) is 0 Å². The highest BCUT2D eigenvalue weighted by Gasteiger charge is 2.16. The molecular weight excluding hydrogens is 198 g/mol. The Kier molecular flexibility index (Phi) is 2.44. The standard InChI is InChI=1S/C14H17NO/c16-8-2-3-10-6-7-14-12(9-10)11-4-1-5-13(11)15-14/h6-7,9,15-16H,1-5,8H2. The first-order valence-electron chi connectivity index (χ1n) is 6.11.